The van der Waals surface area contributed by atoms with Crippen LogP contribution in [0, 0.1) is 0 Å². The SMILES string of the molecule is O=P(O)(OCCBr)OCCBr.[H-].[Na+]. The second kappa shape index (κ2) is 9.62. The van der Waals surface area contributed by atoms with Gasteiger partial charge in [-0.3, -0.25) is 9.05 Å². The topological polar surface area (TPSA) is 55.8 Å². The molecule has 0 rings (SSSR count). The molecule has 0 aliphatic carbocycles. The third-order valence-corrected chi connectivity index (χ3v) is 2.33. The van der Waals surface area contributed by atoms with E-state index in [-0.39, 0.29) is 44.2 Å². The smallest absolute Gasteiger partial charge is 1.00 e. The van der Waals surface area contributed by atoms with Gasteiger partial charge < -0.3 is 6.32 Å². The Morgan fingerprint density at radius 3 is 1.83 bits per heavy atom. The van der Waals surface area contributed by atoms with E-state index in [2.05, 4.69) is 40.9 Å². The van der Waals surface area contributed by atoms with Crippen LogP contribution >= 0.6 is 39.7 Å². The van der Waals surface area contributed by atoms with E-state index in [0.29, 0.717) is 10.7 Å². The molecule has 0 atom stereocenters. The summed E-state index contributed by atoms with van der Waals surface area (Å²) >= 11 is 6.10. The second-order valence-electron chi connectivity index (χ2n) is 1.51. The molecule has 4 nitrogen and oxygen atoms in total. The molecule has 70 valence electrons. The van der Waals surface area contributed by atoms with Crippen molar-refractivity contribution < 1.29 is 49.5 Å². The molecular weight excluding hydrogens is 326 g/mol. The average Bonchev–Trinajstić information content (AvgIpc) is 1.97. The molecule has 0 fully saturated rings. The Bertz CT molecular complexity index is 140. The molecule has 0 spiro atoms. The minimum absolute atomic E-state index is 0. The molecule has 0 bridgehead atoms. The van der Waals surface area contributed by atoms with E-state index in [1.54, 1.807) is 0 Å². The van der Waals surface area contributed by atoms with Gasteiger partial charge >= 0.3 is 37.4 Å². The summed E-state index contributed by atoms with van der Waals surface area (Å²) in [6.45, 7) is 0.326. The van der Waals surface area contributed by atoms with E-state index in [1.807, 2.05) is 0 Å². The molecule has 0 saturated carbocycles. The zero-order chi connectivity index (χ0) is 8.74. The molecule has 0 aromatic rings. The molecule has 0 aliphatic rings. The molecule has 0 radical (unpaired) electrons. The first kappa shape index (κ1) is 16.5. The Morgan fingerprint density at radius 2 is 1.58 bits per heavy atom. The number of hydrogen-bond acceptors (Lipinski definition) is 3. The van der Waals surface area contributed by atoms with Crippen molar-refractivity contribution in [1.82, 2.24) is 0 Å². The van der Waals surface area contributed by atoms with Gasteiger partial charge in [0.25, 0.3) is 0 Å². The molecule has 0 unspecified atom stereocenters. The van der Waals surface area contributed by atoms with Crippen LogP contribution in [0.1, 0.15) is 1.43 Å². The van der Waals surface area contributed by atoms with Gasteiger partial charge in [0, 0.05) is 10.7 Å². The van der Waals surface area contributed by atoms with Crippen molar-refractivity contribution in [1.29, 1.82) is 0 Å². The molecule has 1 N–H and O–H groups in total. The predicted octanol–water partition coefficient (Wildman–Crippen LogP) is -0.974. The largest absolute Gasteiger partial charge is 1.00 e. The van der Waals surface area contributed by atoms with Crippen LogP contribution in [-0.2, 0) is 13.6 Å². The maximum Gasteiger partial charge on any atom is 1.00 e. The first-order valence-electron chi connectivity index (χ1n) is 2.86. The van der Waals surface area contributed by atoms with E-state index < -0.39 is 7.82 Å². The number of hydrogen-bond donors (Lipinski definition) is 1. The Hall–Kier alpha value is 2.07. The number of alkyl halides is 2. The normalized spacial score (nSPS) is 10.9. The summed E-state index contributed by atoms with van der Waals surface area (Å²) in [6, 6.07) is 0. The van der Waals surface area contributed by atoms with Gasteiger partial charge in [-0.1, -0.05) is 31.9 Å². The fraction of sp³-hybridized carbons (Fsp3) is 1.00. The van der Waals surface area contributed by atoms with Crippen LogP contribution in [0.5, 0.6) is 0 Å². The molecule has 8 heteroatoms. The summed E-state index contributed by atoms with van der Waals surface area (Å²) in [7, 11) is -3.79. The summed E-state index contributed by atoms with van der Waals surface area (Å²) in [5.41, 5.74) is 0. The fourth-order valence-electron chi connectivity index (χ4n) is 0.337. The molecule has 0 aliphatic heterocycles. The molecule has 0 aromatic carbocycles. The monoisotopic (exact) mass is 334 g/mol. The van der Waals surface area contributed by atoms with Crippen molar-refractivity contribution in [2.75, 3.05) is 23.9 Å². The van der Waals surface area contributed by atoms with Crippen LogP contribution in [0.2, 0.25) is 0 Å². The minimum Gasteiger partial charge on any atom is -1.00 e. The van der Waals surface area contributed by atoms with E-state index in [4.69, 9.17) is 4.89 Å². The van der Waals surface area contributed by atoms with Crippen LogP contribution in [0.3, 0.4) is 0 Å². The number of phosphoric ester groups is 1. The van der Waals surface area contributed by atoms with Gasteiger partial charge in [0.15, 0.2) is 0 Å². The maximum atomic E-state index is 10.8. The van der Waals surface area contributed by atoms with E-state index in [0.717, 1.165) is 0 Å². The van der Waals surface area contributed by atoms with Crippen molar-refractivity contribution in [2.24, 2.45) is 0 Å². The van der Waals surface area contributed by atoms with Gasteiger partial charge in [0.1, 0.15) is 0 Å². The molecule has 0 aromatic heterocycles. The maximum absolute atomic E-state index is 10.8. The average molecular weight is 336 g/mol. The molecule has 0 amide bonds. The summed E-state index contributed by atoms with van der Waals surface area (Å²) < 4.78 is 19.8. The standard InChI is InChI=1S/C4H9Br2O4P.Na.H/c5-1-3-9-11(7,8)10-4-2-6;;/h1-4H2,(H,7,8);;/q;+1;-1. The molecule has 0 saturated heterocycles. The van der Waals surface area contributed by atoms with Gasteiger partial charge in [-0.2, -0.15) is 0 Å². The van der Waals surface area contributed by atoms with Crippen molar-refractivity contribution in [3.05, 3.63) is 0 Å². The number of rotatable bonds is 6. The van der Waals surface area contributed by atoms with E-state index >= 15 is 0 Å². The van der Waals surface area contributed by atoms with E-state index in [9.17, 15) is 4.57 Å². The van der Waals surface area contributed by atoms with Crippen LogP contribution < -0.4 is 29.6 Å². The predicted molar refractivity (Wildman–Crippen MR) is 50.4 cm³/mol. The zero-order valence-electron chi connectivity index (χ0n) is 7.70. The summed E-state index contributed by atoms with van der Waals surface area (Å²) in [5.74, 6) is 0. The van der Waals surface area contributed by atoms with Crippen molar-refractivity contribution in [2.45, 2.75) is 0 Å². The zero-order valence-corrected chi connectivity index (χ0v) is 12.8. The van der Waals surface area contributed by atoms with Crippen LogP contribution in [-0.4, -0.2) is 28.8 Å². The van der Waals surface area contributed by atoms with Crippen LogP contribution in [0.15, 0.2) is 0 Å². The Balaban J connectivity index is -0.000000500. The quantitative estimate of drug-likeness (QED) is 0.385. The first-order valence-corrected chi connectivity index (χ1v) is 6.60. The van der Waals surface area contributed by atoms with Gasteiger partial charge in [-0.25, -0.2) is 4.57 Å². The van der Waals surface area contributed by atoms with Crippen molar-refractivity contribution in [3.8, 4) is 0 Å². The molecule has 12 heavy (non-hydrogen) atoms. The third kappa shape index (κ3) is 10.2. The van der Waals surface area contributed by atoms with Gasteiger partial charge in [0.05, 0.1) is 13.2 Å². The van der Waals surface area contributed by atoms with Gasteiger partial charge in [-0.15, -0.1) is 0 Å². The second-order valence-corrected chi connectivity index (χ2v) is 4.55. The number of halogens is 2. The van der Waals surface area contributed by atoms with E-state index in [1.165, 1.54) is 0 Å². The van der Waals surface area contributed by atoms with Gasteiger partial charge in [-0.05, 0) is 0 Å². The summed E-state index contributed by atoms with van der Waals surface area (Å²) in [4.78, 5) is 8.85. The fourth-order valence-corrected chi connectivity index (χ4v) is 1.88. The van der Waals surface area contributed by atoms with Crippen molar-refractivity contribution in [3.63, 3.8) is 0 Å². The van der Waals surface area contributed by atoms with Gasteiger partial charge in [0.2, 0.25) is 0 Å². The Morgan fingerprint density at radius 1 is 1.25 bits per heavy atom. The van der Waals surface area contributed by atoms with Crippen LogP contribution in [0.25, 0.3) is 0 Å². The Labute approximate surface area is 112 Å². The van der Waals surface area contributed by atoms with Crippen molar-refractivity contribution >= 4 is 39.7 Å². The minimum atomic E-state index is -3.79. The molecule has 0 heterocycles. The third-order valence-electron chi connectivity index (χ3n) is 0.663. The number of phosphoric acid groups is 1. The summed E-state index contributed by atoms with van der Waals surface area (Å²) in [5, 5.41) is 1.02. The first-order chi connectivity index (χ1) is 5.12. The van der Waals surface area contributed by atoms with Crippen LogP contribution in [0.4, 0.5) is 0 Å². The summed E-state index contributed by atoms with van der Waals surface area (Å²) in [6.07, 6.45) is 0. The Kier molecular flexibility index (Phi) is 13.2. The molecular formula is C4H10Br2NaO4P.